The van der Waals surface area contributed by atoms with Gasteiger partial charge in [-0.05, 0) is 42.5 Å². The van der Waals surface area contributed by atoms with Crippen LogP contribution in [-0.4, -0.2) is 35.3 Å². The molecule has 0 fully saturated rings. The van der Waals surface area contributed by atoms with Gasteiger partial charge in [-0.2, -0.15) is 0 Å². The van der Waals surface area contributed by atoms with Crippen LogP contribution in [0.1, 0.15) is 0 Å². The largest absolute Gasteiger partial charge is 0.573 e. The molecule has 2 aromatic carbocycles. The zero-order chi connectivity index (χ0) is 20.9. The van der Waals surface area contributed by atoms with E-state index in [4.69, 9.17) is 9.15 Å². The van der Waals surface area contributed by atoms with Crippen molar-refractivity contribution in [1.29, 1.82) is 0 Å². The molecule has 1 aromatic heterocycles. The Bertz CT molecular complexity index is 977. The molecule has 0 bridgehead atoms. The van der Waals surface area contributed by atoms with Crippen LogP contribution in [0.2, 0.25) is 0 Å². The number of rotatable bonds is 7. The summed E-state index contributed by atoms with van der Waals surface area (Å²) in [6.07, 6.45) is -4.77. The van der Waals surface area contributed by atoms with Gasteiger partial charge in [0, 0.05) is 11.3 Å². The highest BCUT2D eigenvalue weighted by Crippen LogP contribution is 2.26. The minimum absolute atomic E-state index is 0.0272. The number of benzene rings is 2. The minimum atomic E-state index is -4.77. The van der Waals surface area contributed by atoms with Crippen LogP contribution in [0.5, 0.6) is 11.5 Å². The number of alkyl halides is 3. The molecule has 0 aliphatic heterocycles. The highest BCUT2D eigenvalue weighted by molar-refractivity contribution is 7.99. The van der Waals surface area contributed by atoms with E-state index in [9.17, 15) is 18.0 Å². The Hall–Kier alpha value is -3.21. The number of methoxy groups -OCH3 is 1. The summed E-state index contributed by atoms with van der Waals surface area (Å²) < 4.78 is 50.8. The molecule has 0 atom stereocenters. The van der Waals surface area contributed by atoms with Crippen LogP contribution in [0.25, 0.3) is 11.5 Å². The summed E-state index contributed by atoms with van der Waals surface area (Å²) in [4.78, 5) is 12.0. The molecule has 29 heavy (non-hydrogen) atoms. The average molecular weight is 425 g/mol. The van der Waals surface area contributed by atoms with Crippen molar-refractivity contribution < 1.29 is 31.9 Å². The molecule has 0 saturated heterocycles. The van der Waals surface area contributed by atoms with Gasteiger partial charge in [0.2, 0.25) is 11.8 Å². The van der Waals surface area contributed by atoms with Crippen molar-refractivity contribution in [2.75, 3.05) is 18.2 Å². The number of nitrogens with zero attached hydrogens (tertiary/aromatic N) is 2. The zero-order valence-corrected chi connectivity index (χ0v) is 15.7. The molecule has 0 spiro atoms. The Labute approximate surface area is 167 Å². The van der Waals surface area contributed by atoms with Crippen molar-refractivity contribution in [2.45, 2.75) is 11.6 Å². The van der Waals surface area contributed by atoms with Gasteiger partial charge < -0.3 is 19.2 Å². The fourth-order valence-corrected chi connectivity index (χ4v) is 2.77. The summed E-state index contributed by atoms with van der Waals surface area (Å²) in [7, 11) is 1.55. The van der Waals surface area contributed by atoms with Crippen LogP contribution < -0.4 is 14.8 Å². The summed E-state index contributed by atoms with van der Waals surface area (Å²) in [6.45, 7) is 0. The lowest BCUT2D eigenvalue weighted by atomic mass is 10.2. The second-order valence-electron chi connectivity index (χ2n) is 5.51. The summed E-state index contributed by atoms with van der Waals surface area (Å²) in [5.41, 5.74) is 1.00. The fraction of sp³-hybridized carbons (Fsp3) is 0.167. The predicted molar refractivity (Wildman–Crippen MR) is 98.8 cm³/mol. The SMILES string of the molecule is COc1cccc(-c2nnc(SCC(=O)Nc3ccc(OC(F)(F)F)cc3)o2)c1. The maximum atomic E-state index is 12.1. The lowest BCUT2D eigenvalue weighted by Gasteiger charge is -2.09. The smallest absolute Gasteiger partial charge is 0.497 e. The van der Waals surface area contributed by atoms with E-state index in [2.05, 4.69) is 20.3 Å². The van der Waals surface area contributed by atoms with E-state index in [0.717, 1.165) is 23.9 Å². The molecule has 0 saturated carbocycles. The number of ether oxygens (including phenoxy) is 2. The molecular weight excluding hydrogens is 411 g/mol. The minimum Gasteiger partial charge on any atom is -0.497 e. The van der Waals surface area contributed by atoms with E-state index < -0.39 is 6.36 Å². The lowest BCUT2D eigenvalue weighted by molar-refractivity contribution is -0.274. The van der Waals surface area contributed by atoms with E-state index in [1.54, 1.807) is 31.4 Å². The Morgan fingerprint density at radius 2 is 1.90 bits per heavy atom. The van der Waals surface area contributed by atoms with Gasteiger partial charge in [0.15, 0.2) is 0 Å². The number of halogens is 3. The highest BCUT2D eigenvalue weighted by Gasteiger charge is 2.30. The second kappa shape index (κ2) is 8.86. The monoisotopic (exact) mass is 425 g/mol. The Balaban J connectivity index is 1.52. The van der Waals surface area contributed by atoms with Crippen molar-refractivity contribution in [3.63, 3.8) is 0 Å². The molecule has 0 aliphatic carbocycles. The number of nitrogens with one attached hydrogen (secondary N) is 1. The van der Waals surface area contributed by atoms with Crippen molar-refractivity contribution in [1.82, 2.24) is 10.2 Å². The number of carbonyl (C=O) groups is 1. The first-order chi connectivity index (χ1) is 13.8. The van der Waals surface area contributed by atoms with Gasteiger partial charge in [-0.3, -0.25) is 4.79 Å². The normalized spacial score (nSPS) is 11.2. The molecular formula is C18H14F3N3O4S. The van der Waals surface area contributed by atoms with E-state index in [-0.39, 0.29) is 28.5 Å². The number of carbonyl (C=O) groups excluding carboxylic acids is 1. The van der Waals surface area contributed by atoms with Crippen molar-refractivity contribution >= 4 is 23.4 Å². The van der Waals surface area contributed by atoms with Crippen molar-refractivity contribution in [3.05, 3.63) is 48.5 Å². The summed E-state index contributed by atoms with van der Waals surface area (Å²) in [5, 5.41) is 10.6. The third-order valence-corrected chi connectivity index (χ3v) is 4.24. The van der Waals surface area contributed by atoms with Crippen molar-refractivity contribution in [3.8, 4) is 23.0 Å². The molecule has 1 N–H and O–H groups in total. The van der Waals surface area contributed by atoms with E-state index in [1.165, 1.54) is 12.1 Å². The van der Waals surface area contributed by atoms with Crippen LogP contribution >= 0.6 is 11.8 Å². The fourth-order valence-electron chi connectivity index (χ4n) is 2.21. The first-order valence-electron chi connectivity index (χ1n) is 8.09. The van der Waals surface area contributed by atoms with Gasteiger partial charge in [0.05, 0.1) is 12.9 Å². The van der Waals surface area contributed by atoms with Gasteiger partial charge in [-0.1, -0.05) is 17.8 Å². The average Bonchev–Trinajstić information content (AvgIpc) is 3.16. The topological polar surface area (TPSA) is 86.5 Å². The Morgan fingerprint density at radius 1 is 1.14 bits per heavy atom. The molecule has 7 nitrogen and oxygen atoms in total. The number of amides is 1. The number of hydrogen-bond acceptors (Lipinski definition) is 7. The number of aromatic nitrogens is 2. The standard InChI is InChI=1S/C18H14F3N3O4S/c1-26-14-4-2-3-11(9-14)16-23-24-17(27-16)29-10-15(25)22-12-5-7-13(8-6-12)28-18(19,20)21/h2-9H,10H2,1H3,(H,22,25). The summed E-state index contributed by atoms with van der Waals surface area (Å²) in [5.74, 6) is 0.134. The summed E-state index contributed by atoms with van der Waals surface area (Å²) in [6, 6.07) is 11.9. The first kappa shape index (κ1) is 20.5. The van der Waals surface area contributed by atoms with Gasteiger partial charge in [0.25, 0.3) is 5.22 Å². The van der Waals surface area contributed by atoms with Crippen LogP contribution in [0.15, 0.2) is 58.2 Å². The molecule has 0 unspecified atom stereocenters. The van der Waals surface area contributed by atoms with Crippen LogP contribution in [0, 0.1) is 0 Å². The Kier molecular flexibility index (Phi) is 6.27. The third-order valence-electron chi connectivity index (χ3n) is 3.42. The molecule has 3 aromatic rings. The van der Waals surface area contributed by atoms with Gasteiger partial charge >= 0.3 is 6.36 Å². The van der Waals surface area contributed by atoms with Gasteiger partial charge in [-0.25, -0.2) is 0 Å². The molecule has 1 heterocycles. The molecule has 152 valence electrons. The molecule has 3 rings (SSSR count). The van der Waals surface area contributed by atoms with Crippen molar-refractivity contribution in [2.24, 2.45) is 0 Å². The zero-order valence-electron chi connectivity index (χ0n) is 14.9. The Morgan fingerprint density at radius 3 is 2.59 bits per heavy atom. The number of hydrogen-bond donors (Lipinski definition) is 1. The van der Waals surface area contributed by atoms with Gasteiger partial charge in [0.1, 0.15) is 11.5 Å². The quantitative estimate of drug-likeness (QED) is 0.563. The number of thioether (sulfide) groups is 1. The van der Waals surface area contributed by atoms with Gasteiger partial charge in [-0.15, -0.1) is 23.4 Å². The van der Waals surface area contributed by atoms with Crippen LogP contribution in [0.4, 0.5) is 18.9 Å². The molecule has 0 aliphatic rings. The molecule has 0 radical (unpaired) electrons. The van der Waals surface area contributed by atoms with Crippen LogP contribution in [-0.2, 0) is 4.79 Å². The first-order valence-corrected chi connectivity index (χ1v) is 9.07. The number of anilines is 1. The second-order valence-corrected chi connectivity index (χ2v) is 6.44. The van der Waals surface area contributed by atoms with E-state index in [0.29, 0.717) is 17.0 Å². The predicted octanol–water partition coefficient (Wildman–Crippen LogP) is 4.37. The van der Waals surface area contributed by atoms with E-state index in [1.807, 2.05) is 0 Å². The lowest BCUT2D eigenvalue weighted by Crippen LogP contribution is -2.17. The maximum absolute atomic E-state index is 12.1. The highest BCUT2D eigenvalue weighted by atomic mass is 32.2. The van der Waals surface area contributed by atoms with E-state index >= 15 is 0 Å². The third kappa shape index (κ3) is 6.14. The molecule has 11 heteroatoms. The van der Waals surface area contributed by atoms with Crippen LogP contribution in [0.3, 0.4) is 0 Å². The molecule has 1 amide bonds. The summed E-state index contributed by atoms with van der Waals surface area (Å²) >= 11 is 1.03. The maximum Gasteiger partial charge on any atom is 0.573 e.